The number of aldehydes is 1. The Bertz CT molecular complexity index is 291. The number of imidazole rings is 1. The third kappa shape index (κ3) is 2.69. The fourth-order valence-corrected chi connectivity index (χ4v) is 1.53. The van der Waals surface area contributed by atoms with Gasteiger partial charge in [0.15, 0.2) is 6.29 Å². The summed E-state index contributed by atoms with van der Waals surface area (Å²) in [7, 11) is 0. The minimum absolute atomic E-state index is 0.724. The van der Waals surface area contributed by atoms with E-state index in [0.29, 0.717) is 0 Å². The van der Waals surface area contributed by atoms with Gasteiger partial charge in [-0.25, -0.2) is 4.98 Å². The lowest BCUT2D eigenvalue weighted by molar-refractivity contribution is 0.111. The summed E-state index contributed by atoms with van der Waals surface area (Å²) in [6, 6.07) is 0. The van der Waals surface area contributed by atoms with Crippen molar-refractivity contribution in [2.24, 2.45) is 0 Å². The second kappa shape index (κ2) is 5.58. The Kier molecular flexibility index (Phi) is 4.36. The molecule has 0 bridgehead atoms. The molecule has 1 aromatic rings. The number of carbonyl (C=O) groups excluding carboxylic acids is 1. The molecular formula is C11H18N2O. The molecule has 0 saturated carbocycles. The standard InChI is InChI=1S/C11H18N2O/c1-3-4-5-6-7-13-9-12-10(2)11(13)8-14/h8-9H,3-7H2,1-2H3. The molecule has 1 aromatic heterocycles. The van der Waals surface area contributed by atoms with E-state index in [1.807, 2.05) is 11.5 Å². The van der Waals surface area contributed by atoms with Crippen LogP contribution in [0.25, 0.3) is 0 Å². The Hall–Kier alpha value is -1.12. The molecule has 3 nitrogen and oxygen atoms in total. The zero-order valence-corrected chi connectivity index (χ0v) is 8.99. The van der Waals surface area contributed by atoms with Gasteiger partial charge in [-0.05, 0) is 13.3 Å². The molecule has 0 aromatic carbocycles. The first kappa shape index (κ1) is 11.0. The van der Waals surface area contributed by atoms with Crippen molar-refractivity contribution < 1.29 is 4.79 Å². The molecule has 14 heavy (non-hydrogen) atoms. The third-order valence-corrected chi connectivity index (χ3v) is 2.44. The van der Waals surface area contributed by atoms with Crippen LogP contribution in [0.3, 0.4) is 0 Å². The summed E-state index contributed by atoms with van der Waals surface area (Å²) in [4.78, 5) is 14.9. The van der Waals surface area contributed by atoms with Gasteiger partial charge in [-0.2, -0.15) is 0 Å². The highest BCUT2D eigenvalue weighted by atomic mass is 16.1. The maximum atomic E-state index is 10.7. The fraction of sp³-hybridized carbons (Fsp3) is 0.636. The number of hydrogen-bond acceptors (Lipinski definition) is 2. The highest BCUT2D eigenvalue weighted by Crippen LogP contribution is 2.07. The number of aryl methyl sites for hydroxylation is 2. The molecule has 0 N–H and O–H groups in total. The lowest BCUT2D eigenvalue weighted by Crippen LogP contribution is -2.01. The van der Waals surface area contributed by atoms with E-state index in [1.54, 1.807) is 6.33 Å². The van der Waals surface area contributed by atoms with Crippen molar-refractivity contribution in [1.29, 1.82) is 0 Å². The summed E-state index contributed by atoms with van der Waals surface area (Å²) >= 11 is 0. The Labute approximate surface area is 85.2 Å². The quantitative estimate of drug-likeness (QED) is 0.515. The molecule has 78 valence electrons. The normalized spacial score (nSPS) is 10.4. The monoisotopic (exact) mass is 194 g/mol. The highest BCUT2D eigenvalue weighted by molar-refractivity contribution is 5.73. The molecular weight excluding hydrogens is 176 g/mol. The van der Waals surface area contributed by atoms with Gasteiger partial charge in [0.2, 0.25) is 0 Å². The van der Waals surface area contributed by atoms with Crippen LogP contribution < -0.4 is 0 Å². The van der Waals surface area contributed by atoms with Gasteiger partial charge >= 0.3 is 0 Å². The third-order valence-electron chi connectivity index (χ3n) is 2.44. The maximum absolute atomic E-state index is 10.7. The summed E-state index contributed by atoms with van der Waals surface area (Å²) < 4.78 is 1.94. The van der Waals surface area contributed by atoms with Crippen LogP contribution in [-0.4, -0.2) is 15.8 Å². The smallest absolute Gasteiger partial charge is 0.168 e. The van der Waals surface area contributed by atoms with Crippen molar-refractivity contribution in [3.63, 3.8) is 0 Å². The molecule has 0 aliphatic rings. The Morgan fingerprint density at radius 1 is 1.43 bits per heavy atom. The first-order chi connectivity index (χ1) is 6.79. The van der Waals surface area contributed by atoms with Gasteiger partial charge in [0.25, 0.3) is 0 Å². The second-order valence-corrected chi connectivity index (χ2v) is 3.59. The predicted molar refractivity (Wildman–Crippen MR) is 56.5 cm³/mol. The predicted octanol–water partition coefficient (Wildman–Crippen LogP) is 2.58. The van der Waals surface area contributed by atoms with Crippen molar-refractivity contribution in [1.82, 2.24) is 9.55 Å². The molecule has 0 spiro atoms. The maximum Gasteiger partial charge on any atom is 0.168 e. The fourth-order valence-electron chi connectivity index (χ4n) is 1.53. The first-order valence-corrected chi connectivity index (χ1v) is 5.26. The SMILES string of the molecule is CCCCCCn1cnc(C)c1C=O. The van der Waals surface area contributed by atoms with Gasteiger partial charge in [0.05, 0.1) is 12.0 Å². The Morgan fingerprint density at radius 2 is 2.21 bits per heavy atom. The summed E-state index contributed by atoms with van der Waals surface area (Å²) in [5, 5.41) is 0. The summed E-state index contributed by atoms with van der Waals surface area (Å²) in [5.74, 6) is 0. The molecule has 0 atom stereocenters. The van der Waals surface area contributed by atoms with Crippen LogP contribution in [0.15, 0.2) is 6.33 Å². The highest BCUT2D eigenvalue weighted by Gasteiger charge is 2.04. The van der Waals surface area contributed by atoms with Crippen molar-refractivity contribution in [3.8, 4) is 0 Å². The molecule has 0 radical (unpaired) electrons. The average molecular weight is 194 g/mol. The van der Waals surface area contributed by atoms with Crippen LogP contribution in [0.2, 0.25) is 0 Å². The second-order valence-electron chi connectivity index (χ2n) is 3.59. The van der Waals surface area contributed by atoms with E-state index in [4.69, 9.17) is 0 Å². The topological polar surface area (TPSA) is 34.9 Å². The minimum atomic E-state index is 0.724. The van der Waals surface area contributed by atoms with E-state index in [0.717, 1.165) is 30.6 Å². The van der Waals surface area contributed by atoms with E-state index in [2.05, 4.69) is 11.9 Å². The molecule has 0 aliphatic heterocycles. The average Bonchev–Trinajstić information content (AvgIpc) is 2.54. The van der Waals surface area contributed by atoms with E-state index >= 15 is 0 Å². The largest absolute Gasteiger partial charge is 0.328 e. The van der Waals surface area contributed by atoms with E-state index in [1.165, 1.54) is 19.3 Å². The van der Waals surface area contributed by atoms with Gasteiger partial charge in [0, 0.05) is 6.54 Å². The van der Waals surface area contributed by atoms with Crippen LogP contribution in [0.1, 0.15) is 48.8 Å². The van der Waals surface area contributed by atoms with Gasteiger partial charge in [-0.1, -0.05) is 26.2 Å². The van der Waals surface area contributed by atoms with Crippen LogP contribution in [0.5, 0.6) is 0 Å². The molecule has 0 unspecified atom stereocenters. The Balaban J connectivity index is 2.46. The zero-order valence-electron chi connectivity index (χ0n) is 8.99. The number of carbonyl (C=O) groups is 1. The number of nitrogens with zero attached hydrogens (tertiary/aromatic N) is 2. The number of rotatable bonds is 6. The molecule has 1 heterocycles. The summed E-state index contributed by atoms with van der Waals surface area (Å²) in [6.45, 7) is 4.97. The van der Waals surface area contributed by atoms with Gasteiger partial charge in [-0.3, -0.25) is 4.79 Å². The van der Waals surface area contributed by atoms with Gasteiger partial charge in [0.1, 0.15) is 5.69 Å². The van der Waals surface area contributed by atoms with Crippen molar-refractivity contribution >= 4 is 6.29 Å². The number of aromatic nitrogens is 2. The van der Waals surface area contributed by atoms with Crippen LogP contribution in [0.4, 0.5) is 0 Å². The molecule has 0 fully saturated rings. The first-order valence-electron chi connectivity index (χ1n) is 5.26. The van der Waals surface area contributed by atoms with Crippen LogP contribution in [0, 0.1) is 6.92 Å². The van der Waals surface area contributed by atoms with Crippen molar-refractivity contribution in [2.75, 3.05) is 0 Å². The summed E-state index contributed by atoms with van der Waals surface area (Å²) in [6.07, 6.45) is 7.51. The number of unbranched alkanes of at least 4 members (excludes halogenated alkanes) is 3. The van der Waals surface area contributed by atoms with Gasteiger partial charge < -0.3 is 4.57 Å². The van der Waals surface area contributed by atoms with E-state index in [9.17, 15) is 4.79 Å². The zero-order chi connectivity index (χ0) is 10.4. The van der Waals surface area contributed by atoms with Crippen LogP contribution >= 0.6 is 0 Å². The molecule has 1 rings (SSSR count). The van der Waals surface area contributed by atoms with Crippen LogP contribution in [-0.2, 0) is 6.54 Å². The summed E-state index contributed by atoms with van der Waals surface area (Å²) in [5.41, 5.74) is 1.55. The van der Waals surface area contributed by atoms with Crippen molar-refractivity contribution in [2.45, 2.75) is 46.1 Å². The van der Waals surface area contributed by atoms with E-state index < -0.39 is 0 Å². The molecule has 0 amide bonds. The van der Waals surface area contributed by atoms with Crippen molar-refractivity contribution in [3.05, 3.63) is 17.7 Å². The Morgan fingerprint density at radius 3 is 2.86 bits per heavy atom. The lowest BCUT2D eigenvalue weighted by atomic mass is 10.2. The minimum Gasteiger partial charge on any atom is -0.328 e. The molecule has 0 aliphatic carbocycles. The lowest BCUT2D eigenvalue weighted by Gasteiger charge is -2.03. The molecule has 3 heteroatoms. The van der Waals surface area contributed by atoms with Gasteiger partial charge in [-0.15, -0.1) is 0 Å². The van der Waals surface area contributed by atoms with E-state index in [-0.39, 0.29) is 0 Å². The molecule has 0 saturated heterocycles. The number of hydrogen-bond donors (Lipinski definition) is 0.